The lowest BCUT2D eigenvalue weighted by Gasteiger charge is -2.14. The Labute approximate surface area is 127 Å². The molecule has 0 bridgehead atoms. The van der Waals surface area contributed by atoms with E-state index in [1.54, 1.807) is 0 Å². The van der Waals surface area contributed by atoms with Crippen LogP contribution >= 0.6 is 11.3 Å². The van der Waals surface area contributed by atoms with Crippen molar-refractivity contribution in [2.45, 2.75) is 19.6 Å². The molecule has 1 N–H and O–H groups in total. The topological polar surface area (TPSA) is 68.7 Å². The molecular weight excluding hydrogens is 290 g/mol. The van der Waals surface area contributed by atoms with Gasteiger partial charge in [-0.15, -0.1) is 11.3 Å². The van der Waals surface area contributed by atoms with Gasteiger partial charge in [0.05, 0.1) is 12.3 Å². The van der Waals surface area contributed by atoms with Crippen LogP contribution in [0.1, 0.15) is 39.0 Å². The van der Waals surface area contributed by atoms with Crippen LogP contribution in [0.25, 0.3) is 0 Å². The molecule has 1 unspecified atom stereocenters. The first-order valence-electron chi connectivity index (χ1n) is 6.55. The fourth-order valence-corrected chi connectivity index (χ4v) is 2.97. The molecule has 21 heavy (non-hydrogen) atoms. The van der Waals surface area contributed by atoms with Crippen molar-refractivity contribution in [3.05, 3.63) is 51.5 Å². The molecule has 2 aromatic rings. The summed E-state index contributed by atoms with van der Waals surface area (Å²) < 4.78 is 10.8. The number of aromatic carboxylic acids is 1. The summed E-state index contributed by atoms with van der Waals surface area (Å²) in [7, 11) is 1.52. The number of nitrogens with zero attached hydrogens (tertiary/aromatic N) is 1. The molecule has 1 heterocycles. The van der Waals surface area contributed by atoms with E-state index < -0.39 is 5.97 Å². The molecule has 0 radical (unpaired) electrons. The van der Waals surface area contributed by atoms with Gasteiger partial charge in [-0.25, -0.2) is 9.78 Å². The van der Waals surface area contributed by atoms with Crippen LogP contribution in [0.4, 0.5) is 0 Å². The highest BCUT2D eigenvalue weighted by molar-refractivity contribution is 7.13. The first-order valence-corrected chi connectivity index (χ1v) is 7.37. The Morgan fingerprint density at radius 3 is 2.67 bits per heavy atom. The quantitative estimate of drug-likeness (QED) is 0.851. The highest BCUT2D eigenvalue weighted by Crippen LogP contribution is 2.31. The fraction of sp³-hybridized carbons (Fsp3) is 0.333. The van der Waals surface area contributed by atoms with Crippen molar-refractivity contribution >= 4 is 17.3 Å². The number of carbonyl (C=O) groups is 1. The maximum absolute atomic E-state index is 11.3. The number of methoxy groups -OCH3 is 1. The molecule has 5 nitrogen and oxygen atoms in total. The second-order valence-electron chi connectivity index (χ2n) is 4.31. The summed E-state index contributed by atoms with van der Waals surface area (Å²) in [6.07, 6.45) is -0.357. The van der Waals surface area contributed by atoms with Crippen LogP contribution in [-0.2, 0) is 16.1 Å². The van der Waals surface area contributed by atoms with E-state index >= 15 is 0 Å². The van der Waals surface area contributed by atoms with Gasteiger partial charge in [0.25, 0.3) is 0 Å². The zero-order chi connectivity index (χ0) is 15.2. The van der Waals surface area contributed by atoms with Gasteiger partial charge >= 0.3 is 5.97 Å². The Balaban J connectivity index is 2.41. The number of rotatable bonds is 7. The zero-order valence-corrected chi connectivity index (χ0v) is 12.7. The molecule has 0 saturated carbocycles. The predicted octanol–water partition coefficient (Wildman–Crippen LogP) is 3.11. The van der Waals surface area contributed by atoms with E-state index in [-0.39, 0.29) is 17.6 Å². The van der Waals surface area contributed by atoms with Crippen molar-refractivity contribution in [1.29, 1.82) is 0 Å². The Morgan fingerprint density at radius 1 is 1.38 bits per heavy atom. The van der Waals surface area contributed by atoms with E-state index in [2.05, 4.69) is 4.98 Å². The van der Waals surface area contributed by atoms with Crippen LogP contribution in [0, 0.1) is 0 Å². The predicted molar refractivity (Wildman–Crippen MR) is 79.7 cm³/mol. The van der Waals surface area contributed by atoms with Crippen LogP contribution in [-0.4, -0.2) is 29.8 Å². The summed E-state index contributed by atoms with van der Waals surface area (Å²) >= 11 is 1.13. The first kappa shape index (κ1) is 15.6. The lowest BCUT2D eigenvalue weighted by Crippen LogP contribution is -2.06. The van der Waals surface area contributed by atoms with Crippen molar-refractivity contribution in [1.82, 2.24) is 4.98 Å². The third-order valence-corrected chi connectivity index (χ3v) is 3.98. The number of benzene rings is 1. The summed E-state index contributed by atoms with van der Waals surface area (Å²) in [5.41, 5.74) is 1.39. The van der Waals surface area contributed by atoms with E-state index in [0.29, 0.717) is 17.3 Å². The molecule has 6 heteroatoms. The molecular formula is C15H17NO4S. The van der Waals surface area contributed by atoms with E-state index in [1.165, 1.54) is 7.11 Å². The Kier molecular flexibility index (Phi) is 5.44. The third-order valence-electron chi connectivity index (χ3n) is 2.85. The second-order valence-corrected chi connectivity index (χ2v) is 5.34. The molecule has 1 aromatic heterocycles. The van der Waals surface area contributed by atoms with Crippen molar-refractivity contribution in [3.63, 3.8) is 0 Å². The normalized spacial score (nSPS) is 12.3. The van der Waals surface area contributed by atoms with Gasteiger partial charge in [0.1, 0.15) is 16.0 Å². The van der Waals surface area contributed by atoms with E-state index in [1.807, 2.05) is 37.3 Å². The van der Waals surface area contributed by atoms with Crippen molar-refractivity contribution < 1.29 is 19.4 Å². The first-order chi connectivity index (χ1) is 10.2. The summed E-state index contributed by atoms with van der Waals surface area (Å²) in [6, 6.07) is 9.65. The molecule has 1 aromatic carbocycles. The van der Waals surface area contributed by atoms with Crippen LogP contribution < -0.4 is 0 Å². The van der Waals surface area contributed by atoms with Crippen molar-refractivity contribution in [3.8, 4) is 0 Å². The van der Waals surface area contributed by atoms with E-state index in [0.717, 1.165) is 16.9 Å². The lowest BCUT2D eigenvalue weighted by atomic mass is 10.1. The molecule has 0 aliphatic heterocycles. The van der Waals surface area contributed by atoms with Gasteiger partial charge in [-0.2, -0.15) is 0 Å². The number of hydrogen-bond acceptors (Lipinski definition) is 5. The van der Waals surface area contributed by atoms with Gasteiger partial charge in [-0.3, -0.25) is 0 Å². The number of ether oxygens (including phenoxy) is 2. The van der Waals surface area contributed by atoms with Crippen molar-refractivity contribution in [2.24, 2.45) is 0 Å². The average molecular weight is 307 g/mol. The molecule has 0 amide bonds. The SMILES string of the molecule is CCOC(c1ccccc1)c1nc(COC)c(C(=O)O)s1. The standard InChI is InChI=1S/C15H17NO4S/c1-3-20-12(10-7-5-4-6-8-10)14-16-11(9-19-2)13(21-14)15(17)18/h4-8,12H,3,9H2,1-2H3,(H,17,18). The van der Waals surface area contributed by atoms with Gasteiger partial charge < -0.3 is 14.6 Å². The molecule has 0 aliphatic carbocycles. The Hall–Kier alpha value is -1.76. The zero-order valence-electron chi connectivity index (χ0n) is 11.9. The van der Waals surface area contributed by atoms with Crippen LogP contribution in [0.2, 0.25) is 0 Å². The summed E-state index contributed by atoms with van der Waals surface area (Å²) in [6.45, 7) is 2.59. The summed E-state index contributed by atoms with van der Waals surface area (Å²) in [5.74, 6) is -0.992. The second kappa shape index (κ2) is 7.31. The molecule has 0 spiro atoms. The van der Waals surface area contributed by atoms with E-state index in [4.69, 9.17) is 9.47 Å². The van der Waals surface area contributed by atoms with Gasteiger partial charge in [-0.05, 0) is 12.5 Å². The molecule has 0 saturated heterocycles. The fourth-order valence-electron chi connectivity index (χ4n) is 1.99. The minimum Gasteiger partial charge on any atom is -0.477 e. The number of thiazole rings is 1. The highest BCUT2D eigenvalue weighted by atomic mass is 32.1. The highest BCUT2D eigenvalue weighted by Gasteiger charge is 2.24. The Morgan fingerprint density at radius 2 is 2.10 bits per heavy atom. The third kappa shape index (κ3) is 3.66. The van der Waals surface area contributed by atoms with Crippen LogP contribution in [0.3, 0.4) is 0 Å². The minimum absolute atomic E-state index is 0.172. The van der Waals surface area contributed by atoms with Crippen LogP contribution in [0.15, 0.2) is 30.3 Å². The smallest absolute Gasteiger partial charge is 0.347 e. The lowest BCUT2D eigenvalue weighted by molar-refractivity contribution is 0.0696. The van der Waals surface area contributed by atoms with Crippen molar-refractivity contribution in [2.75, 3.05) is 13.7 Å². The largest absolute Gasteiger partial charge is 0.477 e. The number of carboxylic acids is 1. The number of hydrogen-bond donors (Lipinski definition) is 1. The van der Waals surface area contributed by atoms with Gasteiger partial charge in [0, 0.05) is 13.7 Å². The maximum atomic E-state index is 11.3. The molecule has 0 aliphatic rings. The number of aromatic nitrogens is 1. The maximum Gasteiger partial charge on any atom is 0.347 e. The summed E-state index contributed by atoms with van der Waals surface area (Å²) in [4.78, 5) is 15.9. The monoisotopic (exact) mass is 307 g/mol. The molecule has 0 fully saturated rings. The van der Waals surface area contributed by atoms with Gasteiger partial charge in [0.15, 0.2) is 0 Å². The molecule has 1 atom stereocenters. The number of carboxylic acid groups (broad SMARTS) is 1. The van der Waals surface area contributed by atoms with Gasteiger partial charge in [-0.1, -0.05) is 30.3 Å². The van der Waals surface area contributed by atoms with Gasteiger partial charge in [0.2, 0.25) is 0 Å². The van der Waals surface area contributed by atoms with Crippen LogP contribution in [0.5, 0.6) is 0 Å². The molecule has 2 rings (SSSR count). The minimum atomic E-state index is -0.992. The summed E-state index contributed by atoms with van der Waals surface area (Å²) in [5, 5.41) is 9.89. The Bertz CT molecular complexity index is 597. The van der Waals surface area contributed by atoms with E-state index in [9.17, 15) is 9.90 Å². The molecule has 112 valence electrons. The average Bonchev–Trinajstić information content (AvgIpc) is 2.90.